The molecule has 9 heteroatoms. The van der Waals surface area contributed by atoms with Crippen LogP contribution >= 0.6 is 0 Å². The van der Waals surface area contributed by atoms with Gasteiger partial charge in [0.1, 0.15) is 6.67 Å². The van der Waals surface area contributed by atoms with Crippen LogP contribution in [-0.2, 0) is 9.53 Å². The fourth-order valence-corrected chi connectivity index (χ4v) is 3.40. The number of rotatable bonds is 8. The molecule has 0 radical (unpaired) electrons. The van der Waals surface area contributed by atoms with E-state index >= 15 is 0 Å². The van der Waals surface area contributed by atoms with Crippen LogP contribution < -0.4 is 5.32 Å². The number of carbonyl (C=O) groups excluding carboxylic acids is 1. The first-order chi connectivity index (χ1) is 15.4. The summed E-state index contributed by atoms with van der Waals surface area (Å²) in [6.45, 7) is 4.74. The number of halogens is 1. The third-order valence-electron chi connectivity index (χ3n) is 6.02. The molecule has 1 amide bonds. The Kier molecular flexibility index (Phi) is 7.95. The first kappa shape index (κ1) is 23.8. The minimum Gasteiger partial charge on any atom is -0.379 e. The number of piperidine rings is 1. The van der Waals surface area contributed by atoms with Gasteiger partial charge in [-0.25, -0.2) is 4.39 Å². The summed E-state index contributed by atoms with van der Waals surface area (Å²) in [6, 6.07) is 5.03. The van der Waals surface area contributed by atoms with E-state index in [9.17, 15) is 9.18 Å². The average molecular weight is 446 g/mol. The van der Waals surface area contributed by atoms with Gasteiger partial charge in [0.2, 0.25) is 18.1 Å². The molecular formula is C23H32FN5O3. The molecule has 0 spiro atoms. The molecule has 1 unspecified atom stereocenters. The molecule has 1 aliphatic carbocycles. The predicted molar refractivity (Wildman–Crippen MR) is 121 cm³/mol. The van der Waals surface area contributed by atoms with Crippen molar-refractivity contribution >= 4 is 18.3 Å². The van der Waals surface area contributed by atoms with Crippen molar-refractivity contribution in [3.05, 3.63) is 29.7 Å². The van der Waals surface area contributed by atoms with E-state index in [1.807, 2.05) is 6.07 Å². The average Bonchev–Trinajstić information content (AvgIpc) is 3.38. The van der Waals surface area contributed by atoms with Gasteiger partial charge in [-0.1, -0.05) is 17.3 Å². The molecule has 2 aliphatic rings. The molecular weight excluding hydrogens is 413 g/mol. The molecule has 1 aromatic carbocycles. The largest absolute Gasteiger partial charge is 0.379 e. The van der Waals surface area contributed by atoms with Crippen molar-refractivity contribution in [2.24, 2.45) is 0 Å². The number of nitrogens with zero attached hydrogens (tertiary/aromatic N) is 3. The Labute approximate surface area is 188 Å². The van der Waals surface area contributed by atoms with Crippen LogP contribution in [-0.4, -0.2) is 66.2 Å². The zero-order valence-electron chi connectivity index (χ0n) is 18.9. The molecule has 8 nitrogen and oxygen atoms in total. The molecule has 2 heterocycles. The van der Waals surface area contributed by atoms with Gasteiger partial charge in [0.25, 0.3) is 0 Å². The Bertz CT molecular complexity index is 907. The fourth-order valence-electron chi connectivity index (χ4n) is 3.40. The van der Waals surface area contributed by atoms with Crippen molar-refractivity contribution in [1.29, 1.82) is 5.41 Å². The number of carbonyl (C=O) groups is 1. The SMILES string of the molecule is CC(CF)Nc1cc(-c2noc(C3CCN(C=O)CC3)n2)ccc1C=N.COC1(C)CC1. The highest BCUT2D eigenvalue weighted by molar-refractivity contribution is 5.87. The van der Waals surface area contributed by atoms with Gasteiger partial charge in [-0.2, -0.15) is 4.98 Å². The van der Waals surface area contributed by atoms with Gasteiger partial charge in [-0.05, 0) is 45.6 Å². The van der Waals surface area contributed by atoms with E-state index in [1.165, 1.54) is 19.1 Å². The topological polar surface area (TPSA) is 104 Å². The standard InChI is InChI=1S/C18H22FN5O2.C5H10O/c1-12(9-19)21-16-8-14(2-3-15(16)10-20)17-22-18(26-23-17)13-4-6-24(11-25)7-5-13;1-5(6-2)3-4-5/h2-3,8,10-13,20-21H,4-7,9H2,1H3;3-4H2,1-2H3. The number of methoxy groups -OCH3 is 1. The lowest BCUT2D eigenvalue weighted by Gasteiger charge is -2.26. The summed E-state index contributed by atoms with van der Waals surface area (Å²) in [5, 5.41) is 14.6. The van der Waals surface area contributed by atoms with Crippen LogP contribution in [0.1, 0.15) is 56.9 Å². The lowest BCUT2D eigenvalue weighted by molar-refractivity contribution is -0.119. The quantitative estimate of drug-likeness (QED) is 0.470. The molecule has 1 aromatic heterocycles. The molecule has 2 N–H and O–H groups in total. The predicted octanol–water partition coefficient (Wildman–Crippen LogP) is 4.03. The second-order valence-electron chi connectivity index (χ2n) is 8.67. The van der Waals surface area contributed by atoms with E-state index in [2.05, 4.69) is 22.4 Å². The summed E-state index contributed by atoms with van der Waals surface area (Å²) in [7, 11) is 1.77. The van der Waals surface area contributed by atoms with Crippen LogP contribution in [0.5, 0.6) is 0 Å². The zero-order chi connectivity index (χ0) is 23.1. The third-order valence-corrected chi connectivity index (χ3v) is 6.02. The van der Waals surface area contributed by atoms with Crippen LogP contribution in [0.15, 0.2) is 22.7 Å². The summed E-state index contributed by atoms with van der Waals surface area (Å²) in [6.07, 6.45) is 6.20. The smallest absolute Gasteiger partial charge is 0.230 e. The zero-order valence-corrected chi connectivity index (χ0v) is 18.9. The first-order valence-electron chi connectivity index (χ1n) is 11.0. The molecule has 1 saturated carbocycles. The van der Waals surface area contributed by atoms with Crippen molar-refractivity contribution in [2.45, 2.75) is 57.1 Å². The Hall–Kier alpha value is -2.81. The molecule has 174 valence electrons. The summed E-state index contributed by atoms with van der Waals surface area (Å²) >= 11 is 0. The highest BCUT2D eigenvalue weighted by Gasteiger charge is 2.36. The number of aromatic nitrogens is 2. The molecule has 2 aromatic rings. The maximum atomic E-state index is 12.8. The fraction of sp³-hybridized carbons (Fsp3) is 0.565. The van der Waals surface area contributed by atoms with Gasteiger partial charge in [-0.15, -0.1) is 0 Å². The number of alkyl halides is 1. The molecule has 2 fully saturated rings. The van der Waals surface area contributed by atoms with Gasteiger partial charge < -0.3 is 24.9 Å². The van der Waals surface area contributed by atoms with Crippen molar-refractivity contribution in [3.8, 4) is 11.4 Å². The van der Waals surface area contributed by atoms with E-state index in [0.29, 0.717) is 41.7 Å². The monoisotopic (exact) mass is 445 g/mol. The van der Waals surface area contributed by atoms with Crippen molar-refractivity contribution in [1.82, 2.24) is 15.0 Å². The maximum absolute atomic E-state index is 12.8. The van der Waals surface area contributed by atoms with Crippen LogP contribution in [0.2, 0.25) is 0 Å². The Morgan fingerprint density at radius 3 is 2.66 bits per heavy atom. The minimum absolute atomic E-state index is 0.150. The van der Waals surface area contributed by atoms with Gasteiger partial charge in [0, 0.05) is 49.1 Å². The lowest BCUT2D eigenvalue weighted by atomic mass is 9.97. The minimum atomic E-state index is -0.506. The second kappa shape index (κ2) is 10.7. The van der Waals surface area contributed by atoms with Crippen molar-refractivity contribution in [2.75, 3.05) is 32.2 Å². The number of ether oxygens (including phenoxy) is 1. The summed E-state index contributed by atoms with van der Waals surface area (Å²) in [5.41, 5.74) is 2.36. The third kappa shape index (κ3) is 6.12. The number of likely N-dealkylation sites (tertiary alicyclic amines) is 1. The molecule has 1 atom stereocenters. The maximum Gasteiger partial charge on any atom is 0.230 e. The summed E-state index contributed by atoms with van der Waals surface area (Å²) in [4.78, 5) is 17.1. The van der Waals surface area contributed by atoms with E-state index in [-0.39, 0.29) is 12.0 Å². The Morgan fingerprint density at radius 1 is 1.41 bits per heavy atom. The van der Waals surface area contributed by atoms with E-state index < -0.39 is 6.67 Å². The number of anilines is 1. The van der Waals surface area contributed by atoms with Gasteiger partial charge in [-0.3, -0.25) is 4.79 Å². The second-order valence-corrected chi connectivity index (χ2v) is 8.67. The van der Waals surface area contributed by atoms with Crippen LogP contribution in [0.4, 0.5) is 10.1 Å². The number of amides is 1. The van der Waals surface area contributed by atoms with E-state index in [4.69, 9.17) is 14.7 Å². The number of nitrogens with one attached hydrogen (secondary N) is 2. The van der Waals surface area contributed by atoms with Crippen LogP contribution in [0.25, 0.3) is 11.4 Å². The number of benzene rings is 1. The molecule has 4 rings (SSSR count). The Morgan fingerprint density at radius 2 is 2.12 bits per heavy atom. The van der Waals surface area contributed by atoms with Gasteiger partial charge in [0.15, 0.2) is 0 Å². The molecule has 0 bridgehead atoms. The molecule has 1 saturated heterocycles. The van der Waals surface area contributed by atoms with Gasteiger partial charge in [0.05, 0.1) is 11.6 Å². The molecule has 32 heavy (non-hydrogen) atoms. The van der Waals surface area contributed by atoms with E-state index in [1.54, 1.807) is 31.1 Å². The number of hydrogen-bond acceptors (Lipinski definition) is 7. The lowest BCUT2D eigenvalue weighted by Crippen LogP contribution is -2.31. The van der Waals surface area contributed by atoms with Gasteiger partial charge >= 0.3 is 0 Å². The normalized spacial score (nSPS) is 18.3. The van der Waals surface area contributed by atoms with Crippen LogP contribution in [0, 0.1) is 5.41 Å². The van der Waals surface area contributed by atoms with Crippen LogP contribution in [0.3, 0.4) is 0 Å². The van der Waals surface area contributed by atoms with Crippen molar-refractivity contribution < 1.29 is 18.4 Å². The summed E-state index contributed by atoms with van der Waals surface area (Å²) in [5.74, 6) is 1.19. The highest BCUT2D eigenvalue weighted by Crippen LogP contribution is 2.37. The highest BCUT2D eigenvalue weighted by atomic mass is 19.1. The Balaban J connectivity index is 0.000000416. The van der Waals surface area contributed by atoms with E-state index in [0.717, 1.165) is 24.8 Å². The summed E-state index contributed by atoms with van der Waals surface area (Å²) < 4.78 is 23.3. The van der Waals surface area contributed by atoms with Crippen molar-refractivity contribution in [3.63, 3.8) is 0 Å². The molecule has 1 aliphatic heterocycles. The number of hydrogen-bond donors (Lipinski definition) is 2. The first-order valence-corrected chi connectivity index (χ1v) is 11.0.